The summed E-state index contributed by atoms with van der Waals surface area (Å²) < 4.78 is 0. The van der Waals surface area contributed by atoms with Crippen LogP contribution in [0.3, 0.4) is 0 Å². The minimum absolute atomic E-state index is 0.852. The number of benzene rings is 19. The molecule has 21 aromatic rings. The molecule has 19 aromatic carbocycles. The van der Waals surface area contributed by atoms with E-state index in [1.807, 2.05) is 24.7 Å². The van der Waals surface area contributed by atoms with E-state index in [4.69, 9.17) is 4.98 Å². The number of anilines is 6. The molecule has 2 aliphatic rings. The summed E-state index contributed by atoms with van der Waals surface area (Å²) in [5, 5.41) is 14.6. The Bertz CT molecular complexity index is 7390. The van der Waals surface area contributed by atoms with E-state index in [0.29, 0.717) is 0 Å². The normalized spacial score (nSPS) is 11.8. The van der Waals surface area contributed by atoms with Crippen molar-refractivity contribution in [3.05, 3.63) is 425 Å². The van der Waals surface area contributed by atoms with Crippen LogP contribution in [0.2, 0.25) is 0 Å². The van der Waals surface area contributed by atoms with E-state index in [9.17, 15) is 0 Å². The van der Waals surface area contributed by atoms with Gasteiger partial charge in [0, 0.05) is 46.7 Å². The standard InChI is InChI=1S/C112H70N4/c1-6-24-71(25-7-1)72-43-51-83(52-44-72)116(102-42-20-21-65-114-102)84-55-47-74(48-56-84)88-60-62-98-108-91(88)39-23-41-96(108)110-105(77-30-12-4-13-31-77)94-58-50-80(69-100(94)106(112(98)110)78-32-14-5-15-33-78)79-49-57-89-99(68-79)86-35-17-16-34-81(86)70-101(89)115(85-63-66-113-67-64-85)82-53-45-73(46-54-82)87-59-61-97-107-90(87)38-22-40-95(107)109-103(75-26-8-2-9-27-75)92-36-18-19-37-93(92)104(111(97)109)76-28-10-3-11-29-76/h1-70H. The third-order valence-electron chi connectivity index (χ3n) is 24.3. The first-order valence-corrected chi connectivity index (χ1v) is 39.9. The quantitative estimate of drug-likeness (QED) is 0.102. The van der Waals surface area contributed by atoms with Crippen LogP contribution in [0.5, 0.6) is 0 Å². The van der Waals surface area contributed by atoms with Gasteiger partial charge < -0.3 is 4.90 Å². The van der Waals surface area contributed by atoms with Gasteiger partial charge in [-0.3, -0.25) is 9.88 Å². The van der Waals surface area contributed by atoms with E-state index in [1.165, 1.54) is 165 Å². The Labute approximate surface area is 672 Å². The topological polar surface area (TPSA) is 32.3 Å². The Morgan fingerprint density at radius 2 is 0.526 bits per heavy atom. The molecule has 0 amide bonds. The average molecular weight is 1470 g/mol. The summed E-state index contributed by atoms with van der Waals surface area (Å²) in [5.41, 5.74) is 34.5. The van der Waals surface area contributed by atoms with Crippen molar-refractivity contribution in [2.75, 3.05) is 9.80 Å². The molecule has 0 N–H and O–H groups in total. The van der Waals surface area contributed by atoms with Crippen molar-refractivity contribution >= 4 is 98.9 Å². The number of hydrogen-bond acceptors (Lipinski definition) is 4. The van der Waals surface area contributed by atoms with E-state index in [2.05, 4.69) is 415 Å². The molecule has 0 aliphatic heterocycles. The summed E-state index contributed by atoms with van der Waals surface area (Å²) in [6, 6.07) is 150. The van der Waals surface area contributed by atoms with Gasteiger partial charge in [0.2, 0.25) is 0 Å². The van der Waals surface area contributed by atoms with Crippen molar-refractivity contribution in [2.45, 2.75) is 0 Å². The maximum Gasteiger partial charge on any atom is 0.137 e. The van der Waals surface area contributed by atoms with Crippen LogP contribution < -0.4 is 9.80 Å². The second-order valence-electron chi connectivity index (χ2n) is 30.5. The summed E-state index contributed by atoms with van der Waals surface area (Å²) >= 11 is 0. The summed E-state index contributed by atoms with van der Waals surface area (Å²) in [6.07, 6.45) is 5.68. The number of hydrogen-bond donors (Lipinski definition) is 0. The summed E-state index contributed by atoms with van der Waals surface area (Å²) in [7, 11) is 0. The molecule has 0 saturated heterocycles. The summed E-state index contributed by atoms with van der Waals surface area (Å²) in [4.78, 5) is 14.1. The van der Waals surface area contributed by atoms with Gasteiger partial charge >= 0.3 is 0 Å². The summed E-state index contributed by atoms with van der Waals surface area (Å²) in [6.45, 7) is 0. The second-order valence-corrected chi connectivity index (χ2v) is 30.5. The highest BCUT2D eigenvalue weighted by molar-refractivity contribution is 6.31. The van der Waals surface area contributed by atoms with E-state index in [-0.39, 0.29) is 0 Å². The van der Waals surface area contributed by atoms with E-state index < -0.39 is 0 Å². The SMILES string of the molecule is c1ccc(-c2ccc(N(c3ccc(-c4ccc5c6c(cccc46)-c4c-5c(-c5ccccc5)c5cc(-c6ccc7c(N(c8ccncc8)c8ccc(-c9ccc%10c%11c(cccc9%11)-c9c-%10c(-c%10ccccc%10)c%10ccccc%10c9-c9ccccc9)cc8)cc8ccccc8c7c6)ccc5c4-c4ccccc4)cc3)c3ccccn3)cc2)cc1. The molecular weight excluding hydrogens is 1400 g/mol. The number of aromatic nitrogens is 2. The fourth-order valence-electron chi connectivity index (χ4n) is 19.2. The van der Waals surface area contributed by atoms with Crippen molar-refractivity contribution in [1.29, 1.82) is 0 Å². The lowest BCUT2D eigenvalue weighted by atomic mass is 9.81. The molecule has 4 heteroatoms. The van der Waals surface area contributed by atoms with E-state index in [1.54, 1.807) is 0 Å². The van der Waals surface area contributed by atoms with Gasteiger partial charge in [0.15, 0.2) is 0 Å². The first-order chi connectivity index (χ1) is 57.6. The lowest BCUT2D eigenvalue weighted by molar-refractivity contribution is 1.18. The highest BCUT2D eigenvalue weighted by Gasteiger charge is 2.34. The van der Waals surface area contributed by atoms with Gasteiger partial charge in [-0.15, -0.1) is 0 Å². The van der Waals surface area contributed by atoms with E-state index in [0.717, 1.165) is 67.3 Å². The predicted octanol–water partition coefficient (Wildman–Crippen LogP) is 31.0. The van der Waals surface area contributed by atoms with Crippen LogP contribution in [-0.4, -0.2) is 9.97 Å². The number of pyridine rings is 2. The monoisotopic (exact) mass is 1470 g/mol. The van der Waals surface area contributed by atoms with Crippen molar-refractivity contribution in [3.63, 3.8) is 0 Å². The average Bonchev–Trinajstić information content (AvgIpc) is 1.53. The van der Waals surface area contributed by atoms with Gasteiger partial charge in [0.05, 0.1) is 5.69 Å². The van der Waals surface area contributed by atoms with Crippen LogP contribution in [0.25, 0.3) is 198 Å². The first-order valence-electron chi connectivity index (χ1n) is 39.9. The summed E-state index contributed by atoms with van der Waals surface area (Å²) in [5.74, 6) is 0.852. The molecule has 2 aromatic heterocycles. The first kappa shape index (κ1) is 66.4. The van der Waals surface area contributed by atoms with Gasteiger partial charge in [-0.25, -0.2) is 4.98 Å². The van der Waals surface area contributed by atoms with Crippen LogP contribution in [-0.2, 0) is 0 Å². The predicted molar refractivity (Wildman–Crippen MR) is 489 cm³/mol. The number of fused-ring (bicyclic) bond motifs is 11. The van der Waals surface area contributed by atoms with Crippen molar-refractivity contribution in [3.8, 4) is 134 Å². The number of nitrogens with zero attached hydrogens (tertiary/aromatic N) is 4. The molecule has 0 fully saturated rings. The Hall–Kier alpha value is -15.4. The van der Waals surface area contributed by atoms with Gasteiger partial charge in [-0.05, 0) is 272 Å². The van der Waals surface area contributed by atoms with Crippen molar-refractivity contribution in [1.82, 2.24) is 9.97 Å². The third-order valence-corrected chi connectivity index (χ3v) is 24.3. The Balaban J connectivity index is 0.644. The molecule has 0 atom stereocenters. The molecule has 538 valence electrons. The molecule has 23 rings (SSSR count). The van der Waals surface area contributed by atoms with Crippen LogP contribution in [0.4, 0.5) is 34.3 Å². The second kappa shape index (κ2) is 27.2. The van der Waals surface area contributed by atoms with Crippen LogP contribution in [0.15, 0.2) is 425 Å². The minimum atomic E-state index is 0.852. The molecule has 4 nitrogen and oxygen atoms in total. The number of rotatable bonds is 14. The maximum atomic E-state index is 4.88. The molecule has 116 heavy (non-hydrogen) atoms. The smallest absolute Gasteiger partial charge is 0.137 e. The van der Waals surface area contributed by atoms with Gasteiger partial charge in [0.1, 0.15) is 5.82 Å². The Morgan fingerprint density at radius 1 is 0.172 bits per heavy atom. The molecule has 2 aliphatic carbocycles. The molecule has 0 spiro atoms. The largest absolute Gasteiger partial charge is 0.310 e. The molecule has 0 bridgehead atoms. The van der Waals surface area contributed by atoms with Gasteiger partial charge in [-0.2, -0.15) is 0 Å². The molecule has 0 radical (unpaired) electrons. The van der Waals surface area contributed by atoms with Crippen LogP contribution in [0.1, 0.15) is 0 Å². The van der Waals surface area contributed by atoms with Crippen LogP contribution >= 0.6 is 0 Å². The molecule has 2 heterocycles. The van der Waals surface area contributed by atoms with Crippen molar-refractivity contribution < 1.29 is 0 Å². The third kappa shape index (κ3) is 10.7. The molecule has 0 saturated carbocycles. The van der Waals surface area contributed by atoms with Crippen LogP contribution in [0, 0.1) is 0 Å². The minimum Gasteiger partial charge on any atom is -0.310 e. The zero-order chi connectivity index (χ0) is 76.3. The fourth-order valence-corrected chi connectivity index (χ4v) is 19.2. The van der Waals surface area contributed by atoms with Gasteiger partial charge in [0.25, 0.3) is 0 Å². The fraction of sp³-hybridized carbons (Fsp3) is 0. The molecular formula is C112H70N4. The zero-order valence-electron chi connectivity index (χ0n) is 63.2. The van der Waals surface area contributed by atoms with E-state index >= 15 is 0 Å². The zero-order valence-corrected chi connectivity index (χ0v) is 63.2. The molecule has 0 unspecified atom stereocenters. The van der Waals surface area contributed by atoms with Gasteiger partial charge in [-0.1, -0.05) is 328 Å². The lowest BCUT2D eigenvalue weighted by Gasteiger charge is -2.28. The highest BCUT2D eigenvalue weighted by atomic mass is 15.2. The highest BCUT2D eigenvalue weighted by Crippen LogP contribution is 2.62. The Morgan fingerprint density at radius 3 is 1.01 bits per heavy atom. The lowest BCUT2D eigenvalue weighted by Crippen LogP contribution is -2.11. The van der Waals surface area contributed by atoms with Crippen molar-refractivity contribution in [2.24, 2.45) is 0 Å². The Kier molecular flexibility index (Phi) is 15.6. The maximum absolute atomic E-state index is 4.88.